The molecule has 1 N–H and O–H groups in total. The van der Waals surface area contributed by atoms with Crippen molar-refractivity contribution in [1.82, 2.24) is 0 Å². The minimum Gasteiger partial charge on any atom is -0.507 e. The molecule has 2 bridgehead atoms. The Morgan fingerprint density at radius 3 is 2.82 bits per heavy atom. The first-order valence-electron chi connectivity index (χ1n) is 7.21. The van der Waals surface area contributed by atoms with E-state index in [0.29, 0.717) is 12.8 Å². The Morgan fingerprint density at radius 1 is 1.32 bits per heavy atom. The van der Waals surface area contributed by atoms with Gasteiger partial charge in [-0.15, -0.1) is 0 Å². The van der Waals surface area contributed by atoms with Gasteiger partial charge in [-0.1, -0.05) is 11.6 Å². The van der Waals surface area contributed by atoms with Crippen molar-refractivity contribution in [3.8, 4) is 0 Å². The lowest BCUT2D eigenvalue weighted by Gasteiger charge is -2.22. The Kier molecular flexibility index (Phi) is 2.55. The van der Waals surface area contributed by atoms with Crippen LogP contribution < -0.4 is 0 Å². The molecule has 0 radical (unpaired) electrons. The zero-order valence-electron chi connectivity index (χ0n) is 11.9. The summed E-state index contributed by atoms with van der Waals surface area (Å²) in [5, 5.41) is 10.2. The predicted molar refractivity (Wildman–Crippen MR) is 72.8 cm³/mol. The van der Waals surface area contributed by atoms with Crippen LogP contribution in [0, 0.1) is 0 Å². The van der Waals surface area contributed by atoms with E-state index in [-0.39, 0.29) is 23.3 Å². The van der Waals surface area contributed by atoms with E-state index in [1.807, 2.05) is 13.0 Å². The second-order valence-electron chi connectivity index (χ2n) is 6.13. The van der Waals surface area contributed by atoms with Crippen LogP contribution >= 0.6 is 0 Å². The van der Waals surface area contributed by atoms with Crippen molar-refractivity contribution < 1.29 is 29.0 Å². The number of allylic oxidation sites excluding steroid dienone is 4. The van der Waals surface area contributed by atoms with Crippen molar-refractivity contribution in [2.24, 2.45) is 0 Å². The van der Waals surface area contributed by atoms with Crippen molar-refractivity contribution in [2.75, 3.05) is 0 Å². The number of aliphatic hydroxyl groups is 1. The Hall–Kier alpha value is -2.21. The number of ketones is 2. The van der Waals surface area contributed by atoms with Crippen molar-refractivity contribution in [2.45, 2.75) is 44.0 Å². The summed E-state index contributed by atoms with van der Waals surface area (Å²) in [6, 6.07) is 0. The molecule has 2 heterocycles. The molecule has 0 aromatic carbocycles. The first-order chi connectivity index (χ1) is 10.4. The van der Waals surface area contributed by atoms with E-state index in [4.69, 9.17) is 9.47 Å². The van der Waals surface area contributed by atoms with Crippen molar-refractivity contribution in [1.29, 1.82) is 0 Å². The van der Waals surface area contributed by atoms with Gasteiger partial charge < -0.3 is 14.6 Å². The summed E-state index contributed by atoms with van der Waals surface area (Å²) >= 11 is 0. The lowest BCUT2D eigenvalue weighted by molar-refractivity contribution is -0.152. The first kappa shape index (κ1) is 13.5. The minimum absolute atomic E-state index is 0.199. The van der Waals surface area contributed by atoms with Crippen molar-refractivity contribution in [3.05, 3.63) is 34.6 Å². The van der Waals surface area contributed by atoms with E-state index in [9.17, 15) is 19.5 Å². The molecule has 0 spiro atoms. The second-order valence-corrected chi connectivity index (χ2v) is 6.13. The fraction of sp³-hybridized carbons (Fsp3) is 0.438. The summed E-state index contributed by atoms with van der Waals surface area (Å²) in [6.45, 7) is 1.85. The molecule has 0 amide bonds. The van der Waals surface area contributed by atoms with E-state index >= 15 is 0 Å². The van der Waals surface area contributed by atoms with Crippen LogP contribution in [0.25, 0.3) is 0 Å². The van der Waals surface area contributed by atoms with Gasteiger partial charge in [-0.3, -0.25) is 9.59 Å². The highest BCUT2D eigenvalue weighted by Gasteiger charge is 2.73. The van der Waals surface area contributed by atoms with Crippen LogP contribution in [-0.2, 0) is 23.9 Å². The smallest absolute Gasteiger partial charge is 0.342 e. The van der Waals surface area contributed by atoms with E-state index in [1.54, 1.807) is 0 Å². The largest absolute Gasteiger partial charge is 0.507 e. The average molecular weight is 302 g/mol. The number of rotatable bonds is 0. The van der Waals surface area contributed by atoms with Gasteiger partial charge in [0.15, 0.2) is 11.7 Å². The highest BCUT2D eigenvalue weighted by atomic mass is 16.7. The Balaban J connectivity index is 1.89. The topological polar surface area (TPSA) is 93.2 Å². The Labute approximate surface area is 126 Å². The van der Waals surface area contributed by atoms with E-state index in [0.717, 1.165) is 11.6 Å². The molecular weight excluding hydrogens is 288 g/mol. The van der Waals surface area contributed by atoms with Crippen LogP contribution in [-0.4, -0.2) is 40.5 Å². The normalized spacial score (nSPS) is 39.4. The highest BCUT2D eigenvalue weighted by Crippen LogP contribution is 2.53. The quantitative estimate of drug-likeness (QED) is 0.236. The molecular formula is C16H14O6. The SMILES string of the molecule is C/C1=C\CC[C@]23O[C@H]2[C@@H](OC3=O)C2=C(C1)C(=O)C(=O)C=C2O. The van der Waals surface area contributed by atoms with Gasteiger partial charge in [-0.05, 0) is 26.2 Å². The van der Waals surface area contributed by atoms with Crippen LogP contribution in [0.5, 0.6) is 0 Å². The molecule has 2 fully saturated rings. The maximum atomic E-state index is 12.2. The van der Waals surface area contributed by atoms with Crippen molar-refractivity contribution in [3.63, 3.8) is 0 Å². The zero-order chi connectivity index (χ0) is 15.6. The summed E-state index contributed by atoms with van der Waals surface area (Å²) in [7, 11) is 0. The van der Waals surface area contributed by atoms with Gasteiger partial charge in [-0.2, -0.15) is 0 Å². The third-order valence-electron chi connectivity index (χ3n) is 4.71. The number of fused-ring (bicyclic) bond motifs is 1. The summed E-state index contributed by atoms with van der Waals surface area (Å²) in [5.74, 6) is -2.18. The maximum absolute atomic E-state index is 12.2. The zero-order valence-corrected chi connectivity index (χ0v) is 11.9. The minimum atomic E-state index is -0.957. The van der Waals surface area contributed by atoms with Gasteiger partial charge >= 0.3 is 5.97 Å². The maximum Gasteiger partial charge on any atom is 0.342 e. The number of hydrogen-bond acceptors (Lipinski definition) is 6. The van der Waals surface area contributed by atoms with Gasteiger partial charge in [0.1, 0.15) is 11.9 Å². The number of aliphatic hydroxyl groups excluding tert-OH is 1. The van der Waals surface area contributed by atoms with Gasteiger partial charge in [-0.25, -0.2) is 4.79 Å². The molecule has 0 aromatic rings. The number of hydrogen-bond donors (Lipinski definition) is 1. The van der Waals surface area contributed by atoms with Gasteiger partial charge in [0.25, 0.3) is 0 Å². The molecule has 4 aliphatic rings. The van der Waals surface area contributed by atoms with Crippen LogP contribution in [0.3, 0.4) is 0 Å². The number of ether oxygens (including phenoxy) is 2. The molecule has 114 valence electrons. The fourth-order valence-corrected chi connectivity index (χ4v) is 3.52. The molecule has 0 aromatic heterocycles. The molecule has 6 heteroatoms. The van der Waals surface area contributed by atoms with Gasteiger partial charge in [0.2, 0.25) is 11.6 Å². The highest BCUT2D eigenvalue weighted by molar-refractivity contribution is 6.48. The van der Waals surface area contributed by atoms with Crippen LogP contribution in [0.1, 0.15) is 26.2 Å². The van der Waals surface area contributed by atoms with E-state index in [1.165, 1.54) is 0 Å². The molecule has 2 saturated heterocycles. The monoisotopic (exact) mass is 302 g/mol. The summed E-state index contributed by atoms with van der Waals surface area (Å²) in [6.07, 6.45) is 2.92. The first-order valence-corrected chi connectivity index (χ1v) is 7.21. The molecule has 2 aliphatic heterocycles. The lowest BCUT2D eigenvalue weighted by atomic mass is 9.83. The number of carbonyl (C=O) groups excluding carboxylic acids is 3. The van der Waals surface area contributed by atoms with E-state index in [2.05, 4.69) is 0 Å². The summed E-state index contributed by atoms with van der Waals surface area (Å²) in [5.41, 5.74) is 0.370. The molecule has 2 aliphatic carbocycles. The molecule has 4 rings (SSSR count). The number of esters is 1. The second kappa shape index (κ2) is 4.16. The van der Waals surface area contributed by atoms with Gasteiger partial charge in [0.05, 0.1) is 0 Å². The van der Waals surface area contributed by atoms with Crippen molar-refractivity contribution >= 4 is 17.5 Å². The van der Waals surface area contributed by atoms with Gasteiger partial charge in [0, 0.05) is 17.2 Å². The Bertz CT molecular complexity index is 725. The molecule has 3 atom stereocenters. The standard InChI is InChI=1S/C16H14O6/c1-7-3-2-4-16-14(22-16)13(21-15(16)20)11-8(5-7)12(19)10(18)6-9(11)17/h3,6,13-14,17H,2,4-5H2,1H3/b7-3+/t13-,14-,16-/m0/s1. The number of epoxide rings is 1. The summed E-state index contributed by atoms with van der Waals surface area (Å²) in [4.78, 5) is 36.0. The molecule has 0 saturated carbocycles. The predicted octanol–water partition coefficient (Wildman–Crippen LogP) is 1.07. The van der Waals surface area contributed by atoms with Crippen LogP contribution in [0.15, 0.2) is 34.6 Å². The molecule has 0 unspecified atom stereocenters. The third-order valence-corrected chi connectivity index (χ3v) is 4.71. The van der Waals surface area contributed by atoms with Crippen LogP contribution in [0.4, 0.5) is 0 Å². The number of carbonyl (C=O) groups is 3. The third kappa shape index (κ3) is 1.61. The van der Waals surface area contributed by atoms with Crippen LogP contribution in [0.2, 0.25) is 0 Å². The fourth-order valence-electron chi connectivity index (χ4n) is 3.52. The molecule has 6 nitrogen and oxygen atoms in total. The molecule has 22 heavy (non-hydrogen) atoms. The lowest BCUT2D eigenvalue weighted by Crippen LogP contribution is -2.30. The summed E-state index contributed by atoms with van der Waals surface area (Å²) < 4.78 is 10.9. The van der Waals surface area contributed by atoms with E-state index < -0.39 is 35.3 Å². The number of Topliss-reactive ketones (excluding diaryl/α,β-unsaturated/α-hetero) is 1. The average Bonchev–Trinajstić information content (AvgIpc) is 3.12. The Morgan fingerprint density at radius 2 is 2.09 bits per heavy atom.